The minimum atomic E-state index is 0.120. The van der Waals surface area contributed by atoms with E-state index in [0.717, 1.165) is 19.7 Å². The van der Waals surface area contributed by atoms with Gasteiger partial charge in [0, 0.05) is 13.1 Å². The topological polar surface area (TPSA) is 30.5 Å². The third kappa shape index (κ3) is 3.09. The zero-order chi connectivity index (χ0) is 10.5. The molecule has 15 heavy (non-hydrogen) atoms. The number of nitrogens with one attached hydrogen (secondary N) is 1. The monoisotopic (exact) mass is 227 g/mol. The van der Waals surface area contributed by atoms with E-state index in [1.54, 1.807) is 0 Å². The summed E-state index contributed by atoms with van der Waals surface area (Å²) >= 11 is 5.96. The first-order valence-corrected chi connectivity index (χ1v) is 5.44. The fourth-order valence-electron chi connectivity index (χ4n) is 1.47. The summed E-state index contributed by atoms with van der Waals surface area (Å²) in [4.78, 5) is 0. The van der Waals surface area contributed by atoms with Crippen LogP contribution in [0.2, 0.25) is 5.02 Å². The Balaban J connectivity index is 1.84. The van der Waals surface area contributed by atoms with Crippen LogP contribution >= 0.6 is 11.6 Å². The summed E-state index contributed by atoms with van der Waals surface area (Å²) in [5.74, 6) is 0.716. The summed E-state index contributed by atoms with van der Waals surface area (Å²) in [6.07, 6.45) is 0.120. The van der Waals surface area contributed by atoms with Crippen LogP contribution in [0, 0.1) is 0 Å². The van der Waals surface area contributed by atoms with Gasteiger partial charge in [-0.1, -0.05) is 23.7 Å². The average molecular weight is 228 g/mol. The Kier molecular flexibility index (Phi) is 3.83. The van der Waals surface area contributed by atoms with Crippen molar-refractivity contribution >= 4 is 11.6 Å². The highest BCUT2D eigenvalue weighted by molar-refractivity contribution is 6.32. The van der Waals surface area contributed by atoms with Crippen molar-refractivity contribution in [3.8, 4) is 5.75 Å². The van der Waals surface area contributed by atoms with Crippen LogP contribution in [0.25, 0.3) is 0 Å². The first kappa shape index (κ1) is 10.7. The number of halogens is 1. The van der Waals surface area contributed by atoms with Gasteiger partial charge in [-0.15, -0.1) is 0 Å². The van der Waals surface area contributed by atoms with E-state index in [1.165, 1.54) is 0 Å². The lowest BCUT2D eigenvalue weighted by Gasteiger charge is -2.23. The molecule has 2 rings (SSSR count). The number of hydrogen-bond acceptors (Lipinski definition) is 3. The largest absolute Gasteiger partial charge is 0.489 e. The van der Waals surface area contributed by atoms with E-state index >= 15 is 0 Å². The van der Waals surface area contributed by atoms with Crippen LogP contribution in [-0.4, -0.2) is 32.4 Å². The molecule has 1 aliphatic heterocycles. The van der Waals surface area contributed by atoms with Crippen molar-refractivity contribution in [2.75, 3.05) is 26.3 Å². The molecule has 1 aliphatic rings. The van der Waals surface area contributed by atoms with E-state index < -0.39 is 0 Å². The fraction of sp³-hybridized carbons (Fsp3) is 0.455. The number of morpholine rings is 1. The number of para-hydroxylation sites is 1. The molecule has 3 nitrogen and oxygen atoms in total. The lowest BCUT2D eigenvalue weighted by atomic mass is 10.3. The maximum Gasteiger partial charge on any atom is 0.138 e. The second-order valence-electron chi connectivity index (χ2n) is 3.44. The van der Waals surface area contributed by atoms with Gasteiger partial charge in [0.1, 0.15) is 18.5 Å². The smallest absolute Gasteiger partial charge is 0.138 e. The first-order valence-electron chi connectivity index (χ1n) is 5.06. The molecule has 1 saturated heterocycles. The lowest BCUT2D eigenvalue weighted by molar-refractivity contribution is 0.000218. The van der Waals surface area contributed by atoms with Gasteiger partial charge in [0.25, 0.3) is 0 Å². The minimum absolute atomic E-state index is 0.120. The van der Waals surface area contributed by atoms with Crippen molar-refractivity contribution < 1.29 is 9.47 Å². The summed E-state index contributed by atoms with van der Waals surface area (Å²) in [6.45, 7) is 3.04. The SMILES string of the molecule is Clc1ccccc1OC[C@@H]1CNCCO1. The third-order valence-corrected chi connectivity index (χ3v) is 2.58. The average Bonchev–Trinajstić information content (AvgIpc) is 2.29. The molecule has 1 fully saturated rings. The Morgan fingerprint density at radius 3 is 3.07 bits per heavy atom. The lowest BCUT2D eigenvalue weighted by Crippen LogP contribution is -2.41. The zero-order valence-corrected chi connectivity index (χ0v) is 9.17. The quantitative estimate of drug-likeness (QED) is 0.853. The van der Waals surface area contributed by atoms with Crippen LogP contribution in [0.5, 0.6) is 5.75 Å². The molecule has 1 N–H and O–H groups in total. The second kappa shape index (κ2) is 5.35. The molecule has 4 heteroatoms. The van der Waals surface area contributed by atoms with Crippen LogP contribution in [0.4, 0.5) is 0 Å². The zero-order valence-electron chi connectivity index (χ0n) is 8.41. The van der Waals surface area contributed by atoms with Crippen LogP contribution in [0.3, 0.4) is 0 Å². The second-order valence-corrected chi connectivity index (χ2v) is 3.85. The van der Waals surface area contributed by atoms with Gasteiger partial charge in [0.05, 0.1) is 11.6 Å². The maximum absolute atomic E-state index is 5.96. The number of benzene rings is 1. The third-order valence-electron chi connectivity index (χ3n) is 2.27. The fourth-order valence-corrected chi connectivity index (χ4v) is 1.66. The van der Waals surface area contributed by atoms with Gasteiger partial charge in [0.15, 0.2) is 0 Å². The molecule has 1 aromatic carbocycles. The van der Waals surface area contributed by atoms with Crippen molar-refractivity contribution in [1.82, 2.24) is 5.32 Å². The van der Waals surface area contributed by atoms with Crippen molar-refractivity contribution in [1.29, 1.82) is 0 Å². The van der Waals surface area contributed by atoms with Crippen molar-refractivity contribution in [2.24, 2.45) is 0 Å². The molecular formula is C11H14ClNO2. The molecule has 0 saturated carbocycles. The van der Waals surface area contributed by atoms with Crippen molar-refractivity contribution in [3.05, 3.63) is 29.3 Å². The van der Waals surface area contributed by atoms with Crippen molar-refractivity contribution in [3.63, 3.8) is 0 Å². The van der Waals surface area contributed by atoms with E-state index in [1.807, 2.05) is 24.3 Å². The Morgan fingerprint density at radius 2 is 2.33 bits per heavy atom. The summed E-state index contributed by atoms with van der Waals surface area (Å²) in [5, 5.41) is 3.89. The molecule has 82 valence electrons. The predicted molar refractivity (Wildman–Crippen MR) is 59.6 cm³/mol. The van der Waals surface area contributed by atoms with Gasteiger partial charge in [-0.2, -0.15) is 0 Å². The van der Waals surface area contributed by atoms with E-state index in [2.05, 4.69) is 5.32 Å². The molecule has 0 radical (unpaired) electrons. The van der Waals surface area contributed by atoms with Gasteiger partial charge in [-0.25, -0.2) is 0 Å². The van der Waals surface area contributed by atoms with Crippen LogP contribution in [-0.2, 0) is 4.74 Å². The summed E-state index contributed by atoms with van der Waals surface area (Å²) in [6, 6.07) is 7.46. The summed E-state index contributed by atoms with van der Waals surface area (Å²) < 4.78 is 11.1. The van der Waals surface area contributed by atoms with Gasteiger partial charge in [0.2, 0.25) is 0 Å². The Labute approximate surface area is 94.3 Å². The Hall–Kier alpha value is -0.770. The molecular weight excluding hydrogens is 214 g/mol. The van der Waals surface area contributed by atoms with E-state index in [4.69, 9.17) is 21.1 Å². The van der Waals surface area contributed by atoms with E-state index in [9.17, 15) is 0 Å². The van der Waals surface area contributed by atoms with E-state index in [0.29, 0.717) is 17.4 Å². The molecule has 0 spiro atoms. The Morgan fingerprint density at radius 1 is 1.47 bits per heavy atom. The van der Waals surface area contributed by atoms with Gasteiger partial charge < -0.3 is 14.8 Å². The number of hydrogen-bond donors (Lipinski definition) is 1. The van der Waals surface area contributed by atoms with Crippen LogP contribution in [0.15, 0.2) is 24.3 Å². The van der Waals surface area contributed by atoms with Gasteiger partial charge in [-0.05, 0) is 12.1 Å². The minimum Gasteiger partial charge on any atom is -0.489 e. The molecule has 1 heterocycles. The highest BCUT2D eigenvalue weighted by Crippen LogP contribution is 2.23. The van der Waals surface area contributed by atoms with Crippen LogP contribution < -0.4 is 10.1 Å². The predicted octanol–water partition coefficient (Wildman–Crippen LogP) is 1.71. The van der Waals surface area contributed by atoms with Crippen molar-refractivity contribution in [2.45, 2.75) is 6.10 Å². The molecule has 1 atom stereocenters. The normalized spacial score (nSPS) is 21.3. The summed E-state index contributed by atoms with van der Waals surface area (Å²) in [5.41, 5.74) is 0. The highest BCUT2D eigenvalue weighted by atomic mass is 35.5. The van der Waals surface area contributed by atoms with Gasteiger partial charge in [-0.3, -0.25) is 0 Å². The summed E-state index contributed by atoms with van der Waals surface area (Å²) in [7, 11) is 0. The molecule has 1 aromatic rings. The molecule has 0 aliphatic carbocycles. The van der Waals surface area contributed by atoms with E-state index in [-0.39, 0.29) is 6.10 Å². The maximum atomic E-state index is 5.96. The van der Waals surface area contributed by atoms with Crippen LogP contribution in [0.1, 0.15) is 0 Å². The standard InChI is InChI=1S/C11H14ClNO2/c12-10-3-1-2-4-11(10)15-8-9-7-13-5-6-14-9/h1-4,9,13H,5-8H2/t9-/m0/s1. The highest BCUT2D eigenvalue weighted by Gasteiger charge is 2.14. The molecule has 0 unspecified atom stereocenters. The molecule has 0 amide bonds. The molecule has 0 bridgehead atoms. The number of rotatable bonds is 3. The number of ether oxygens (including phenoxy) is 2. The Bertz CT molecular complexity index is 313. The first-order chi connectivity index (χ1) is 7.36. The molecule has 0 aromatic heterocycles. The van der Waals surface area contributed by atoms with Gasteiger partial charge >= 0.3 is 0 Å².